The molecule has 0 aliphatic carbocycles. The molecule has 2 aliphatic rings. The SMILES string of the molecule is COc1ccc2[nH]c(C(=O)N3CC(=O)N(Cc4ccccc4)[C@@H](CN4[C@H](C)COC[C@@H]4C)C3)cc2c1. The van der Waals surface area contributed by atoms with Crippen molar-refractivity contribution in [3.8, 4) is 5.75 Å². The van der Waals surface area contributed by atoms with Crippen molar-refractivity contribution in [2.45, 2.75) is 38.5 Å². The summed E-state index contributed by atoms with van der Waals surface area (Å²) in [6.45, 7) is 7.42. The minimum Gasteiger partial charge on any atom is -0.497 e. The quantitative estimate of drug-likeness (QED) is 0.575. The number of methoxy groups -OCH3 is 1. The molecule has 190 valence electrons. The number of nitrogens with one attached hydrogen (secondary N) is 1. The minimum atomic E-state index is -0.161. The van der Waals surface area contributed by atoms with Crippen LogP contribution in [0.15, 0.2) is 54.6 Å². The molecule has 5 rings (SSSR count). The number of fused-ring (bicyclic) bond motifs is 1. The summed E-state index contributed by atoms with van der Waals surface area (Å²) in [5.74, 6) is 0.541. The molecule has 3 aromatic rings. The second kappa shape index (κ2) is 10.3. The first-order chi connectivity index (χ1) is 17.4. The van der Waals surface area contributed by atoms with Gasteiger partial charge in [0.25, 0.3) is 5.91 Å². The Kier molecular flexibility index (Phi) is 6.98. The summed E-state index contributed by atoms with van der Waals surface area (Å²) in [7, 11) is 1.62. The van der Waals surface area contributed by atoms with Gasteiger partial charge in [-0.2, -0.15) is 0 Å². The van der Waals surface area contributed by atoms with E-state index in [4.69, 9.17) is 9.47 Å². The van der Waals surface area contributed by atoms with Gasteiger partial charge in [-0.25, -0.2) is 0 Å². The van der Waals surface area contributed by atoms with Crippen LogP contribution in [0.1, 0.15) is 29.9 Å². The zero-order chi connectivity index (χ0) is 25.2. The van der Waals surface area contributed by atoms with E-state index in [9.17, 15) is 9.59 Å². The monoisotopic (exact) mass is 490 g/mol. The summed E-state index contributed by atoms with van der Waals surface area (Å²) in [6, 6.07) is 17.9. The van der Waals surface area contributed by atoms with Gasteiger partial charge in [0.1, 0.15) is 18.0 Å². The Bertz CT molecular complexity index is 1220. The first-order valence-electron chi connectivity index (χ1n) is 12.6. The van der Waals surface area contributed by atoms with Gasteiger partial charge in [0.15, 0.2) is 0 Å². The van der Waals surface area contributed by atoms with Gasteiger partial charge in [-0.15, -0.1) is 0 Å². The fraction of sp³-hybridized carbons (Fsp3) is 0.429. The standard InChI is InChI=1S/C28H34N4O4/c1-19-17-36-18-20(2)31(19)15-23-14-30(16-27(33)32(23)13-21-7-5-4-6-8-21)28(34)26-12-22-11-24(35-3)9-10-25(22)29-26/h4-12,19-20,23,29H,13-18H2,1-3H3/t19-,20+,23-/m1/s1. The molecule has 0 spiro atoms. The molecule has 0 bridgehead atoms. The van der Waals surface area contributed by atoms with Crippen molar-refractivity contribution in [3.05, 3.63) is 65.9 Å². The fourth-order valence-electron chi connectivity index (χ4n) is 5.35. The lowest BCUT2D eigenvalue weighted by molar-refractivity contribution is -0.141. The highest BCUT2D eigenvalue weighted by Gasteiger charge is 2.38. The van der Waals surface area contributed by atoms with Crippen LogP contribution in [-0.2, 0) is 16.1 Å². The number of ether oxygens (including phenoxy) is 2. The van der Waals surface area contributed by atoms with Crippen LogP contribution in [-0.4, -0.2) is 89.6 Å². The molecule has 3 atom stereocenters. The normalized spacial score (nSPS) is 23.3. The number of hydrogen-bond donors (Lipinski definition) is 1. The molecule has 36 heavy (non-hydrogen) atoms. The summed E-state index contributed by atoms with van der Waals surface area (Å²) in [6.07, 6.45) is 0. The number of nitrogens with zero attached hydrogens (tertiary/aromatic N) is 3. The second-order valence-electron chi connectivity index (χ2n) is 9.92. The average Bonchev–Trinajstić information content (AvgIpc) is 3.31. The Hall–Kier alpha value is -3.36. The lowest BCUT2D eigenvalue weighted by atomic mass is 10.0. The van der Waals surface area contributed by atoms with Gasteiger partial charge in [0, 0.05) is 42.6 Å². The highest BCUT2D eigenvalue weighted by molar-refractivity contribution is 6.00. The van der Waals surface area contributed by atoms with Crippen molar-refractivity contribution in [1.82, 2.24) is 19.7 Å². The van der Waals surface area contributed by atoms with Crippen molar-refractivity contribution in [1.29, 1.82) is 0 Å². The Morgan fingerprint density at radius 3 is 2.56 bits per heavy atom. The maximum Gasteiger partial charge on any atom is 0.270 e. The zero-order valence-electron chi connectivity index (χ0n) is 21.1. The van der Waals surface area contributed by atoms with Crippen LogP contribution in [0.3, 0.4) is 0 Å². The number of morpholine rings is 1. The van der Waals surface area contributed by atoms with Crippen molar-refractivity contribution in [2.24, 2.45) is 0 Å². The Balaban J connectivity index is 1.40. The number of carbonyl (C=O) groups excluding carboxylic acids is 2. The van der Waals surface area contributed by atoms with Crippen molar-refractivity contribution < 1.29 is 19.1 Å². The molecular formula is C28H34N4O4. The molecule has 1 aromatic heterocycles. The van der Waals surface area contributed by atoms with Crippen LogP contribution in [0.4, 0.5) is 0 Å². The number of hydrogen-bond acceptors (Lipinski definition) is 5. The summed E-state index contributed by atoms with van der Waals surface area (Å²) in [5.41, 5.74) is 2.43. The summed E-state index contributed by atoms with van der Waals surface area (Å²) in [5, 5.41) is 0.902. The maximum absolute atomic E-state index is 13.6. The number of rotatable bonds is 6. The smallest absolute Gasteiger partial charge is 0.270 e. The van der Waals surface area contributed by atoms with E-state index in [1.807, 2.05) is 59.5 Å². The van der Waals surface area contributed by atoms with E-state index >= 15 is 0 Å². The molecule has 1 N–H and O–H groups in total. The fourth-order valence-corrected chi connectivity index (χ4v) is 5.35. The third kappa shape index (κ3) is 4.96. The van der Waals surface area contributed by atoms with E-state index in [0.717, 1.165) is 22.2 Å². The van der Waals surface area contributed by atoms with Crippen molar-refractivity contribution in [2.75, 3.05) is 40.0 Å². The van der Waals surface area contributed by atoms with Crippen molar-refractivity contribution in [3.63, 3.8) is 0 Å². The number of benzene rings is 2. The lowest BCUT2D eigenvalue weighted by Gasteiger charge is -2.46. The molecule has 0 unspecified atom stereocenters. The third-order valence-electron chi connectivity index (χ3n) is 7.33. The van der Waals surface area contributed by atoms with Crippen LogP contribution < -0.4 is 4.74 Å². The number of piperazine rings is 1. The van der Waals surface area contributed by atoms with Gasteiger partial charge in [0.2, 0.25) is 5.91 Å². The van der Waals surface area contributed by atoms with Gasteiger partial charge in [0.05, 0.1) is 26.4 Å². The van der Waals surface area contributed by atoms with Crippen LogP contribution in [0.5, 0.6) is 5.75 Å². The molecule has 2 aromatic carbocycles. The van der Waals surface area contributed by atoms with Gasteiger partial charge in [-0.1, -0.05) is 30.3 Å². The highest BCUT2D eigenvalue weighted by Crippen LogP contribution is 2.25. The Morgan fingerprint density at radius 1 is 1.08 bits per heavy atom. The number of aromatic amines is 1. The molecular weight excluding hydrogens is 456 g/mol. The molecule has 2 aliphatic heterocycles. The maximum atomic E-state index is 13.6. The van der Waals surface area contributed by atoms with Gasteiger partial charge in [-0.3, -0.25) is 14.5 Å². The van der Waals surface area contributed by atoms with Gasteiger partial charge in [-0.05, 0) is 43.7 Å². The molecule has 3 heterocycles. The average molecular weight is 491 g/mol. The van der Waals surface area contributed by atoms with E-state index in [-0.39, 0.29) is 36.5 Å². The first kappa shape index (κ1) is 24.3. The number of H-pyrrole nitrogens is 1. The second-order valence-corrected chi connectivity index (χ2v) is 9.92. The van der Waals surface area contributed by atoms with Crippen LogP contribution >= 0.6 is 0 Å². The highest BCUT2D eigenvalue weighted by atomic mass is 16.5. The predicted octanol–water partition coefficient (Wildman–Crippen LogP) is 3.14. The van der Waals surface area contributed by atoms with Gasteiger partial charge >= 0.3 is 0 Å². The number of carbonyl (C=O) groups is 2. The van der Waals surface area contributed by atoms with E-state index in [2.05, 4.69) is 23.7 Å². The summed E-state index contributed by atoms with van der Waals surface area (Å²) >= 11 is 0. The molecule has 2 saturated heterocycles. The van der Waals surface area contributed by atoms with Crippen LogP contribution in [0.2, 0.25) is 0 Å². The minimum absolute atomic E-state index is 0.0326. The van der Waals surface area contributed by atoms with Gasteiger partial charge < -0.3 is 24.3 Å². The largest absolute Gasteiger partial charge is 0.497 e. The topological polar surface area (TPSA) is 78.1 Å². The van der Waals surface area contributed by atoms with E-state index in [1.54, 1.807) is 12.0 Å². The lowest BCUT2D eigenvalue weighted by Crippen LogP contribution is -2.63. The summed E-state index contributed by atoms with van der Waals surface area (Å²) < 4.78 is 11.0. The van der Waals surface area contributed by atoms with E-state index in [0.29, 0.717) is 38.5 Å². The Labute approximate surface area is 211 Å². The van der Waals surface area contributed by atoms with E-state index in [1.165, 1.54) is 0 Å². The molecule has 8 heteroatoms. The van der Waals surface area contributed by atoms with Crippen LogP contribution in [0.25, 0.3) is 10.9 Å². The first-order valence-corrected chi connectivity index (χ1v) is 12.6. The van der Waals surface area contributed by atoms with Crippen LogP contribution in [0, 0.1) is 0 Å². The predicted molar refractivity (Wildman–Crippen MR) is 138 cm³/mol. The zero-order valence-corrected chi connectivity index (χ0v) is 21.1. The summed E-state index contributed by atoms with van der Waals surface area (Å²) in [4.78, 5) is 36.3. The third-order valence-corrected chi connectivity index (χ3v) is 7.33. The number of amides is 2. The molecule has 8 nitrogen and oxygen atoms in total. The number of aromatic nitrogens is 1. The molecule has 2 amide bonds. The van der Waals surface area contributed by atoms with Crippen molar-refractivity contribution >= 4 is 22.7 Å². The Morgan fingerprint density at radius 2 is 1.83 bits per heavy atom. The van der Waals surface area contributed by atoms with E-state index < -0.39 is 0 Å². The molecule has 2 fully saturated rings. The molecule has 0 radical (unpaired) electrons. The molecule has 0 saturated carbocycles.